The average molecular weight is 418 g/mol. The van der Waals surface area contributed by atoms with Crippen molar-refractivity contribution in [3.63, 3.8) is 0 Å². The number of likely N-dealkylation sites (tertiary alicyclic amines) is 1. The molecule has 1 saturated heterocycles. The first-order valence-corrected chi connectivity index (χ1v) is 8.54. The molecule has 0 unspecified atom stereocenters. The van der Waals surface area contributed by atoms with E-state index < -0.39 is 11.2 Å². The second-order valence-electron chi connectivity index (χ2n) is 6.54. The van der Waals surface area contributed by atoms with Crippen molar-refractivity contribution in [2.24, 2.45) is 13.0 Å². The fourth-order valence-corrected chi connectivity index (χ4v) is 3.31. The number of pyridine rings is 1. The van der Waals surface area contributed by atoms with Crippen LogP contribution in [0.25, 0.3) is 11.0 Å². The normalized spacial score (nSPS) is 14.5. The van der Waals surface area contributed by atoms with E-state index in [1.165, 1.54) is 23.9 Å². The molecule has 1 fully saturated rings. The average Bonchev–Trinajstić information content (AvgIpc) is 2.64. The number of carbonyl (C=O) groups excluding carboxylic acids is 1. The van der Waals surface area contributed by atoms with Crippen LogP contribution in [0, 0.1) is 5.92 Å². The summed E-state index contributed by atoms with van der Waals surface area (Å²) in [4.78, 5) is 44.5. The Hall–Kier alpha value is -1.90. The molecule has 8 nitrogen and oxygen atoms in total. The summed E-state index contributed by atoms with van der Waals surface area (Å²) >= 11 is 0. The third kappa shape index (κ3) is 4.88. The van der Waals surface area contributed by atoms with Gasteiger partial charge in [0, 0.05) is 26.3 Å². The number of aryl methyl sites for hydroxylation is 1. The van der Waals surface area contributed by atoms with E-state index in [9.17, 15) is 14.4 Å². The van der Waals surface area contributed by atoms with Gasteiger partial charge in [-0.05, 0) is 44.8 Å². The fourth-order valence-electron chi connectivity index (χ4n) is 3.31. The van der Waals surface area contributed by atoms with Crippen molar-refractivity contribution < 1.29 is 4.79 Å². The van der Waals surface area contributed by atoms with Crippen LogP contribution in [0.4, 0.5) is 0 Å². The number of carbonyl (C=O) groups is 1. The van der Waals surface area contributed by atoms with Gasteiger partial charge in [-0.15, -0.1) is 24.8 Å². The molecule has 0 aromatic carbocycles. The second kappa shape index (κ2) is 9.87. The molecule has 10 heteroatoms. The van der Waals surface area contributed by atoms with Crippen molar-refractivity contribution in [2.45, 2.75) is 19.3 Å². The standard InChI is InChI=1S/C17H23N5O3.2ClH/c1-18-6-3-11-4-7-22(8-5-11)16(24)12-9-13-14(19-10-12)21(2)17(25)20-15(13)23;;/h9-11,18H,3-8H2,1-2H3,(H,20,23,25);2*1H. The molecular weight excluding hydrogens is 393 g/mol. The molecule has 1 aliphatic heterocycles. The highest BCUT2D eigenvalue weighted by Crippen LogP contribution is 2.21. The van der Waals surface area contributed by atoms with Gasteiger partial charge in [0.15, 0.2) is 0 Å². The minimum atomic E-state index is -0.522. The van der Waals surface area contributed by atoms with Crippen molar-refractivity contribution >= 4 is 41.8 Å². The molecular formula is C17H25Cl2N5O3. The highest BCUT2D eigenvalue weighted by molar-refractivity contribution is 5.96. The number of hydrogen-bond donors (Lipinski definition) is 2. The number of nitrogens with one attached hydrogen (secondary N) is 2. The van der Waals surface area contributed by atoms with Crippen LogP contribution in [-0.4, -0.2) is 52.0 Å². The number of nitrogens with zero attached hydrogens (tertiary/aromatic N) is 3. The van der Waals surface area contributed by atoms with Crippen LogP contribution >= 0.6 is 24.8 Å². The van der Waals surface area contributed by atoms with E-state index in [0.29, 0.717) is 11.5 Å². The van der Waals surface area contributed by atoms with E-state index in [0.717, 1.165) is 38.9 Å². The molecule has 0 aliphatic carbocycles. The predicted molar refractivity (Wildman–Crippen MR) is 109 cm³/mol. The monoisotopic (exact) mass is 417 g/mol. The predicted octanol–water partition coefficient (Wildman–Crippen LogP) is 0.927. The summed E-state index contributed by atoms with van der Waals surface area (Å²) in [5.41, 5.74) is -0.389. The van der Waals surface area contributed by atoms with Gasteiger partial charge >= 0.3 is 5.69 Å². The van der Waals surface area contributed by atoms with Gasteiger partial charge in [0.05, 0.1) is 10.9 Å². The lowest BCUT2D eigenvalue weighted by Crippen LogP contribution is -2.39. The molecule has 2 N–H and O–H groups in total. The minimum absolute atomic E-state index is 0. The van der Waals surface area contributed by atoms with Gasteiger partial charge in [-0.25, -0.2) is 9.78 Å². The van der Waals surface area contributed by atoms with E-state index in [1.807, 2.05) is 11.9 Å². The molecule has 27 heavy (non-hydrogen) atoms. The molecule has 3 heterocycles. The van der Waals surface area contributed by atoms with Gasteiger partial charge in [-0.2, -0.15) is 0 Å². The van der Waals surface area contributed by atoms with Gasteiger partial charge in [0.2, 0.25) is 0 Å². The van der Waals surface area contributed by atoms with Gasteiger partial charge in [-0.1, -0.05) is 0 Å². The summed E-state index contributed by atoms with van der Waals surface area (Å²) in [5, 5.41) is 3.41. The maximum Gasteiger partial charge on any atom is 0.329 e. The Bertz CT molecular complexity index is 904. The molecule has 2 aromatic heterocycles. The number of aromatic amines is 1. The third-order valence-electron chi connectivity index (χ3n) is 4.91. The van der Waals surface area contributed by atoms with E-state index >= 15 is 0 Å². The lowest BCUT2D eigenvalue weighted by Gasteiger charge is -2.32. The summed E-state index contributed by atoms with van der Waals surface area (Å²) in [7, 11) is 3.48. The van der Waals surface area contributed by atoms with Crippen LogP contribution in [0.5, 0.6) is 0 Å². The minimum Gasteiger partial charge on any atom is -0.339 e. The number of piperidine rings is 1. The van der Waals surface area contributed by atoms with Gasteiger partial charge < -0.3 is 10.2 Å². The maximum atomic E-state index is 12.7. The Kier molecular flexibility index (Phi) is 8.46. The molecule has 1 aliphatic rings. The summed E-state index contributed by atoms with van der Waals surface area (Å²) in [6.07, 6.45) is 4.54. The second-order valence-corrected chi connectivity index (χ2v) is 6.54. The van der Waals surface area contributed by atoms with Gasteiger partial charge in [-0.3, -0.25) is 19.1 Å². The van der Waals surface area contributed by atoms with Crippen LogP contribution in [-0.2, 0) is 7.05 Å². The van der Waals surface area contributed by atoms with E-state index in [-0.39, 0.29) is 41.8 Å². The Morgan fingerprint density at radius 1 is 1.30 bits per heavy atom. The summed E-state index contributed by atoms with van der Waals surface area (Å²) in [6, 6.07) is 1.52. The van der Waals surface area contributed by atoms with Gasteiger partial charge in [0.25, 0.3) is 11.5 Å². The van der Waals surface area contributed by atoms with E-state index in [2.05, 4.69) is 15.3 Å². The van der Waals surface area contributed by atoms with Crippen molar-refractivity contribution in [2.75, 3.05) is 26.7 Å². The number of rotatable bonds is 4. The molecule has 0 saturated carbocycles. The Morgan fingerprint density at radius 3 is 2.59 bits per heavy atom. The summed E-state index contributed by atoms with van der Waals surface area (Å²) in [6.45, 7) is 2.43. The van der Waals surface area contributed by atoms with Crippen LogP contribution in [0.2, 0.25) is 0 Å². The van der Waals surface area contributed by atoms with Crippen LogP contribution < -0.4 is 16.6 Å². The fraction of sp³-hybridized carbons (Fsp3) is 0.529. The Labute approximate surface area is 169 Å². The number of aromatic nitrogens is 3. The Morgan fingerprint density at radius 2 is 1.96 bits per heavy atom. The lowest BCUT2D eigenvalue weighted by atomic mass is 9.93. The number of hydrogen-bond acceptors (Lipinski definition) is 5. The molecule has 0 spiro atoms. The largest absolute Gasteiger partial charge is 0.339 e. The van der Waals surface area contributed by atoms with Crippen LogP contribution in [0.1, 0.15) is 29.6 Å². The van der Waals surface area contributed by atoms with Gasteiger partial charge in [0.1, 0.15) is 5.65 Å². The van der Waals surface area contributed by atoms with Crippen molar-refractivity contribution in [3.8, 4) is 0 Å². The summed E-state index contributed by atoms with van der Waals surface area (Å²) < 4.78 is 1.26. The number of H-pyrrole nitrogens is 1. The zero-order chi connectivity index (χ0) is 18.0. The number of amides is 1. The first-order chi connectivity index (χ1) is 12.0. The van der Waals surface area contributed by atoms with E-state index in [1.54, 1.807) is 0 Å². The van der Waals surface area contributed by atoms with Crippen molar-refractivity contribution in [3.05, 3.63) is 38.7 Å². The highest BCUT2D eigenvalue weighted by atomic mass is 35.5. The smallest absolute Gasteiger partial charge is 0.329 e. The molecule has 1 amide bonds. The van der Waals surface area contributed by atoms with Crippen molar-refractivity contribution in [1.29, 1.82) is 0 Å². The molecule has 2 aromatic rings. The SMILES string of the molecule is CNCCC1CCN(C(=O)c2cnc3c(c2)c(=O)[nH]c(=O)n3C)CC1.Cl.Cl. The van der Waals surface area contributed by atoms with Crippen LogP contribution in [0.15, 0.2) is 21.9 Å². The summed E-state index contributed by atoms with van der Waals surface area (Å²) in [5.74, 6) is 0.526. The zero-order valence-electron chi connectivity index (χ0n) is 15.4. The molecule has 150 valence electrons. The number of fused-ring (bicyclic) bond motifs is 1. The third-order valence-corrected chi connectivity index (χ3v) is 4.91. The van der Waals surface area contributed by atoms with Crippen LogP contribution in [0.3, 0.4) is 0 Å². The molecule has 3 rings (SSSR count). The molecule has 0 radical (unpaired) electrons. The maximum absolute atomic E-state index is 12.7. The highest BCUT2D eigenvalue weighted by Gasteiger charge is 2.24. The van der Waals surface area contributed by atoms with E-state index in [4.69, 9.17) is 0 Å². The zero-order valence-corrected chi connectivity index (χ0v) is 17.0. The van der Waals surface area contributed by atoms with Crippen molar-refractivity contribution in [1.82, 2.24) is 24.8 Å². The topological polar surface area (TPSA) is 100 Å². The number of halogens is 2. The molecule has 0 bridgehead atoms. The Balaban J connectivity index is 0.00000182. The first kappa shape index (κ1) is 23.1. The lowest BCUT2D eigenvalue weighted by molar-refractivity contribution is 0.0687. The first-order valence-electron chi connectivity index (χ1n) is 8.54. The molecule has 0 atom stereocenters. The quantitative estimate of drug-likeness (QED) is 0.770.